The predicted molar refractivity (Wildman–Crippen MR) is 101 cm³/mol. The van der Waals surface area contributed by atoms with E-state index in [9.17, 15) is 9.18 Å². The third-order valence-electron chi connectivity index (χ3n) is 4.10. The van der Waals surface area contributed by atoms with Crippen molar-refractivity contribution in [3.63, 3.8) is 0 Å². The van der Waals surface area contributed by atoms with Crippen LogP contribution in [0.25, 0.3) is 22.4 Å². The van der Waals surface area contributed by atoms with Crippen molar-refractivity contribution < 1.29 is 18.3 Å². The van der Waals surface area contributed by atoms with Gasteiger partial charge in [-0.25, -0.2) is 4.39 Å². The first-order valence-electron chi connectivity index (χ1n) is 8.03. The molecule has 0 unspecified atom stereocenters. The number of aromatic nitrogens is 2. The number of amides is 1. The van der Waals surface area contributed by atoms with Gasteiger partial charge in [-0.15, -0.1) is 0 Å². The van der Waals surface area contributed by atoms with E-state index in [4.69, 9.17) is 9.15 Å². The zero-order chi connectivity index (χ0) is 19.0. The summed E-state index contributed by atoms with van der Waals surface area (Å²) in [4.78, 5) is 16.9. The summed E-state index contributed by atoms with van der Waals surface area (Å²) in [6.07, 6.45) is 0. The Morgan fingerprint density at radius 3 is 2.74 bits per heavy atom. The molecule has 0 aliphatic rings. The fraction of sp³-hybridized carbons (Fsp3) is 0.105. The van der Waals surface area contributed by atoms with Gasteiger partial charge < -0.3 is 9.15 Å². The van der Waals surface area contributed by atoms with Crippen LogP contribution in [-0.4, -0.2) is 22.4 Å². The normalized spacial score (nSPS) is 10.9. The number of anilines is 1. The van der Waals surface area contributed by atoms with Crippen molar-refractivity contribution in [1.82, 2.24) is 9.36 Å². The number of nitrogens with zero attached hydrogens (tertiary/aromatic N) is 2. The average Bonchev–Trinajstić information content (AvgIpc) is 3.27. The summed E-state index contributed by atoms with van der Waals surface area (Å²) in [5, 5.41) is 3.59. The molecule has 8 heteroatoms. The Morgan fingerprint density at radius 1 is 1.22 bits per heavy atom. The maximum absolute atomic E-state index is 13.4. The molecule has 4 aromatic rings. The highest BCUT2D eigenvalue weighted by Gasteiger charge is 2.19. The Balaban J connectivity index is 1.57. The van der Waals surface area contributed by atoms with Crippen LogP contribution in [-0.2, 0) is 0 Å². The van der Waals surface area contributed by atoms with Gasteiger partial charge in [0, 0.05) is 28.0 Å². The number of nitrogens with one attached hydrogen (secondary N) is 1. The second kappa shape index (κ2) is 6.81. The smallest absolute Gasteiger partial charge is 0.293 e. The van der Waals surface area contributed by atoms with E-state index in [1.54, 1.807) is 14.0 Å². The lowest BCUT2D eigenvalue weighted by molar-refractivity contribution is 0.0998. The van der Waals surface area contributed by atoms with Crippen LogP contribution < -0.4 is 10.1 Å². The predicted octanol–water partition coefficient (Wildman–Crippen LogP) is 4.66. The number of ether oxygens (including phenoxy) is 1. The molecule has 2 aromatic heterocycles. The Morgan fingerprint density at radius 2 is 2.00 bits per heavy atom. The van der Waals surface area contributed by atoms with Gasteiger partial charge in [0.15, 0.2) is 11.6 Å². The molecule has 0 fully saturated rings. The van der Waals surface area contributed by atoms with Gasteiger partial charge >= 0.3 is 0 Å². The number of aryl methyl sites for hydroxylation is 1. The van der Waals surface area contributed by atoms with Crippen molar-refractivity contribution in [2.45, 2.75) is 6.92 Å². The lowest BCUT2D eigenvalue weighted by atomic mass is 10.1. The number of rotatable bonds is 4. The molecule has 0 aliphatic carbocycles. The van der Waals surface area contributed by atoms with Crippen molar-refractivity contribution in [2.24, 2.45) is 0 Å². The highest BCUT2D eigenvalue weighted by atomic mass is 32.1. The zero-order valence-electron chi connectivity index (χ0n) is 14.4. The molecule has 2 aromatic carbocycles. The van der Waals surface area contributed by atoms with Crippen LogP contribution in [0.1, 0.15) is 16.1 Å². The van der Waals surface area contributed by atoms with E-state index in [-0.39, 0.29) is 11.6 Å². The van der Waals surface area contributed by atoms with E-state index in [1.807, 2.05) is 24.3 Å². The first kappa shape index (κ1) is 17.2. The van der Waals surface area contributed by atoms with Gasteiger partial charge in [-0.1, -0.05) is 0 Å². The Kier molecular flexibility index (Phi) is 4.33. The number of hydrogen-bond donors (Lipinski definition) is 1. The van der Waals surface area contributed by atoms with Crippen molar-refractivity contribution in [2.75, 3.05) is 12.4 Å². The molecule has 1 N–H and O–H groups in total. The van der Waals surface area contributed by atoms with Crippen LogP contribution in [0.2, 0.25) is 0 Å². The fourth-order valence-corrected chi connectivity index (χ4v) is 3.28. The van der Waals surface area contributed by atoms with Gasteiger partial charge in [-0.2, -0.15) is 9.36 Å². The van der Waals surface area contributed by atoms with Gasteiger partial charge in [0.05, 0.1) is 7.11 Å². The average molecular weight is 383 g/mol. The molecule has 2 heterocycles. The second-order valence-corrected chi connectivity index (χ2v) is 6.55. The van der Waals surface area contributed by atoms with E-state index >= 15 is 0 Å². The number of carbonyl (C=O) groups excluding carboxylic acids is 1. The third kappa shape index (κ3) is 3.26. The molecule has 0 spiro atoms. The summed E-state index contributed by atoms with van der Waals surface area (Å²) in [6, 6.07) is 11.4. The topological polar surface area (TPSA) is 77.2 Å². The standard InChI is InChI=1S/C19H14FN3O3S/c1-10-14-9-12(20)5-8-15(14)26-16(10)18(24)22-19-21-17(23-27-19)11-3-6-13(25-2)7-4-11/h3-9H,1-2H3,(H,21,22,23,24). The molecule has 136 valence electrons. The molecule has 4 rings (SSSR count). The van der Waals surface area contributed by atoms with Crippen LogP contribution in [0.3, 0.4) is 0 Å². The molecule has 0 saturated carbocycles. The lowest BCUT2D eigenvalue weighted by Crippen LogP contribution is -2.11. The quantitative estimate of drug-likeness (QED) is 0.555. The van der Waals surface area contributed by atoms with Crippen LogP contribution in [0.5, 0.6) is 5.75 Å². The summed E-state index contributed by atoms with van der Waals surface area (Å²) in [6.45, 7) is 1.71. The van der Waals surface area contributed by atoms with E-state index in [2.05, 4.69) is 14.7 Å². The fourth-order valence-electron chi connectivity index (χ4n) is 2.70. The van der Waals surface area contributed by atoms with Crippen LogP contribution in [0.15, 0.2) is 46.9 Å². The Labute approximate surface area is 157 Å². The van der Waals surface area contributed by atoms with Crippen molar-refractivity contribution in [1.29, 1.82) is 0 Å². The molecule has 0 atom stereocenters. The molecule has 0 radical (unpaired) electrons. The molecule has 0 aliphatic heterocycles. The summed E-state index contributed by atoms with van der Waals surface area (Å²) in [7, 11) is 1.60. The number of benzene rings is 2. The number of halogens is 1. The summed E-state index contributed by atoms with van der Waals surface area (Å²) < 4.78 is 28.4. The van der Waals surface area contributed by atoms with Gasteiger partial charge in [-0.05, 0) is 49.4 Å². The third-order valence-corrected chi connectivity index (χ3v) is 4.73. The van der Waals surface area contributed by atoms with Crippen LogP contribution in [0, 0.1) is 12.7 Å². The SMILES string of the molecule is COc1ccc(-c2nsc(NC(=O)c3oc4ccc(F)cc4c3C)n2)cc1. The second-order valence-electron chi connectivity index (χ2n) is 5.80. The largest absolute Gasteiger partial charge is 0.497 e. The number of methoxy groups -OCH3 is 1. The molecule has 27 heavy (non-hydrogen) atoms. The maximum Gasteiger partial charge on any atom is 0.293 e. The summed E-state index contributed by atoms with van der Waals surface area (Å²) >= 11 is 1.07. The van der Waals surface area contributed by atoms with E-state index < -0.39 is 5.91 Å². The lowest BCUT2D eigenvalue weighted by Gasteiger charge is -2.00. The minimum Gasteiger partial charge on any atom is -0.497 e. The van der Waals surface area contributed by atoms with Crippen LogP contribution in [0.4, 0.5) is 9.52 Å². The number of fused-ring (bicyclic) bond motifs is 1. The Bertz CT molecular complexity index is 1140. The van der Waals surface area contributed by atoms with E-state index in [0.717, 1.165) is 22.8 Å². The van der Waals surface area contributed by atoms with Gasteiger partial charge in [-0.3, -0.25) is 10.1 Å². The number of hydrogen-bond acceptors (Lipinski definition) is 6. The highest BCUT2D eigenvalue weighted by molar-refractivity contribution is 7.10. The molecule has 0 saturated heterocycles. The molecular formula is C19H14FN3O3S. The van der Waals surface area contributed by atoms with E-state index in [1.165, 1.54) is 18.2 Å². The minimum atomic E-state index is -0.457. The highest BCUT2D eigenvalue weighted by Crippen LogP contribution is 2.28. The number of furan rings is 1. The maximum atomic E-state index is 13.4. The van der Waals surface area contributed by atoms with Crippen molar-refractivity contribution in [3.8, 4) is 17.1 Å². The van der Waals surface area contributed by atoms with Gasteiger partial charge in [0.2, 0.25) is 5.13 Å². The molecule has 6 nitrogen and oxygen atoms in total. The van der Waals surface area contributed by atoms with Gasteiger partial charge in [0.1, 0.15) is 17.1 Å². The van der Waals surface area contributed by atoms with Crippen molar-refractivity contribution >= 4 is 33.5 Å². The first-order valence-corrected chi connectivity index (χ1v) is 8.80. The minimum absolute atomic E-state index is 0.122. The number of carbonyl (C=O) groups is 1. The molecule has 0 bridgehead atoms. The van der Waals surface area contributed by atoms with E-state index in [0.29, 0.717) is 27.5 Å². The first-order chi connectivity index (χ1) is 13.0. The molecule has 1 amide bonds. The zero-order valence-corrected chi connectivity index (χ0v) is 15.3. The molecular weight excluding hydrogens is 369 g/mol. The summed E-state index contributed by atoms with van der Waals surface area (Å²) in [5.41, 5.74) is 1.83. The van der Waals surface area contributed by atoms with Crippen LogP contribution >= 0.6 is 11.5 Å². The van der Waals surface area contributed by atoms with Gasteiger partial charge in [0.25, 0.3) is 5.91 Å². The monoisotopic (exact) mass is 383 g/mol. The Hall–Kier alpha value is -3.26. The summed E-state index contributed by atoms with van der Waals surface area (Å²) in [5.74, 6) is 0.519. The van der Waals surface area contributed by atoms with Crippen molar-refractivity contribution in [3.05, 3.63) is 59.6 Å².